The van der Waals surface area contributed by atoms with Crippen LogP contribution in [0.1, 0.15) is 50.2 Å². The minimum absolute atomic E-state index is 0.00871. The number of hydrogen-bond acceptors (Lipinski definition) is 7. The Kier molecular flexibility index (Phi) is 6.42. The first kappa shape index (κ1) is 24.6. The second-order valence-electron chi connectivity index (χ2n) is 9.66. The molecule has 1 amide bonds. The van der Waals surface area contributed by atoms with Crippen molar-refractivity contribution < 1.29 is 31.5 Å². The van der Waals surface area contributed by atoms with E-state index in [0.717, 1.165) is 28.4 Å². The minimum atomic E-state index is -3.49. The number of imidazole rings is 1. The van der Waals surface area contributed by atoms with Gasteiger partial charge in [-0.1, -0.05) is 0 Å². The maximum atomic E-state index is 14.6. The van der Waals surface area contributed by atoms with Crippen molar-refractivity contribution in [3.8, 4) is 0 Å². The Bertz CT molecular complexity index is 1190. The smallest absolute Gasteiger partial charge is 0.407 e. The highest BCUT2D eigenvalue weighted by atomic mass is 32.2. The molecule has 1 saturated heterocycles. The van der Waals surface area contributed by atoms with Gasteiger partial charge >= 0.3 is 6.09 Å². The molecule has 1 fully saturated rings. The number of carbonyl (C=O) groups is 1. The summed E-state index contributed by atoms with van der Waals surface area (Å²) in [5.74, 6) is -1.25. The molecule has 9 nitrogen and oxygen atoms in total. The molecule has 1 N–H and O–H groups in total. The van der Waals surface area contributed by atoms with E-state index in [1.165, 1.54) is 6.33 Å². The van der Waals surface area contributed by atoms with Crippen LogP contribution in [0.15, 0.2) is 24.5 Å². The number of nitrogens with one attached hydrogen (secondary N) is 1. The number of nitrogens with zero attached hydrogens (tertiary/aromatic N) is 3. The van der Waals surface area contributed by atoms with Crippen molar-refractivity contribution in [2.45, 2.75) is 64.1 Å². The highest BCUT2D eigenvalue weighted by molar-refractivity contribution is 7.89. The third-order valence-electron chi connectivity index (χ3n) is 5.82. The Labute approximate surface area is 197 Å². The third kappa shape index (κ3) is 5.23. The minimum Gasteiger partial charge on any atom is -0.444 e. The molecule has 186 valence electrons. The van der Waals surface area contributed by atoms with E-state index < -0.39 is 45.5 Å². The average molecular weight is 499 g/mol. The van der Waals surface area contributed by atoms with Crippen LogP contribution in [0.4, 0.5) is 13.6 Å². The van der Waals surface area contributed by atoms with Gasteiger partial charge in [0.15, 0.2) is 0 Å². The number of benzene rings is 1. The van der Waals surface area contributed by atoms with Gasteiger partial charge in [-0.05, 0) is 45.4 Å². The van der Waals surface area contributed by atoms with Crippen LogP contribution in [0.2, 0.25) is 0 Å². The quantitative estimate of drug-likeness (QED) is 0.692. The summed E-state index contributed by atoms with van der Waals surface area (Å²) in [6.07, 6.45) is 1.14. The van der Waals surface area contributed by atoms with Crippen LogP contribution in [0, 0.1) is 11.6 Å². The van der Waals surface area contributed by atoms with Gasteiger partial charge in [0.25, 0.3) is 0 Å². The van der Waals surface area contributed by atoms with Crippen LogP contribution in [0.3, 0.4) is 0 Å². The number of rotatable bonds is 4. The van der Waals surface area contributed by atoms with Crippen molar-refractivity contribution in [1.82, 2.24) is 19.2 Å². The standard InChI is InChI=1S/C22H28F2N4O5S/c1-22(2,3)33-21(29)26-17-8-14(11-32-20(17)15-7-13(23)5-6-16(15)24)27-9-18-19(10-27)28(12-25-18)34(4,30)31/h5-7,12,14,17,20H,8-11H2,1-4H3,(H,26,29)/t14-,17+,20-/m1/s1. The van der Waals surface area contributed by atoms with Crippen molar-refractivity contribution in [2.24, 2.45) is 0 Å². The zero-order valence-electron chi connectivity index (χ0n) is 19.4. The first-order valence-corrected chi connectivity index (χ1v) is 12.7. The Morgan fingerprint density at radius 2 is 2.00 bits per heavy atom. The molecular formula is C22H28F2N4O5S. The number of carbonyl (C=O) groups excluding carboxylic acids is 1. The van der Waals surface area contributed by atoms with Crippen LogP contribution >= 0.6 is 0 Å². The van der Waals surface area contributed by atoms with E-state index in [-0.39, 0.29) is 18.2 Å². The van der Waals surface area contributed by atoms with Crippen molar-refractivity contribution in [1.29, 1.82) is 0 Å². The van der Waals surface area contributed by atoms with Crippen molar-refractivity contribution in [3.05, 3.63) is 53.1 Å². The van der Waals surface area contributed by atoms with Crippen molar-refractivity contribution in [3.63, 3.8) is 0 Å². The summed E-state index contributed by atoms with van der Waals surface area (Å²) in [6.45, 7) is 6.08. The molecule has 34 heavy (non-hydrogen) atoms. The molecule has 3 atom stereocenters. The van der Waals surface area contributed by atoms with E-state index >= 15 is 0 Å². The van der Waals surface area contributed by atoms with Gasteiger partial charge in [0.05, 0.1) is 30.3 Å². The largest absolute Gasteiger partial charge is 0.444 e. The molecule has 3 heterocycles. The van der Waals surface area contributed by atoms with E-state index in [4.69, 9.17) is 9.47 Å². The van der Waals surface area contributed by atoms with Gasteiger partial charge in [0.1, 0.15) is 29.7 Å². The second kappa shape index (κ2) is 8.90. The number of halogens is 2. The summed E-state index contributed by atoms with van der Waals surface area (Å²) in [5, 5.41) is 2.76. The molecule has 0 aliphatic carbocycles. The number of ether oxygens (including phenoxy) is 2. The molecule has 0 saturated carbocycles. The molecule has 0 spiro atoms. The first-order chi connectivity index (χ1) is 15.8. The summed E-state index contributed by atoms with van der Waals surface area (Å²) >= 11 is 0. The molecule has 12 heteroatoms. The second-order valence-corrected chi connectivity index (χ2v) is 11.5. The zero-order chi connectivity index (χ0) is 24.8. The van der Waals surface area contributed by atoms with E-state index in [1.54, 1.807) is 20.8 Å². The van der Waals surface area contributed by atoms with Crippen molar-refractivity contribution >= 4 is 16.1 Å². The van der Waals surface area contributed by atoms with Gasteiger partial charge in [0, 0.05) is 24.7 Å². The van der Waals surface area contributed by atoms with Gasteiger partial charge < -0.3 is 14.8 Å². The van der Waals surface area contributed by atoms with Gasteiger partial charge in [0.2, 0.25) is 10.0 Å². The molecule has 1 aromatic heterocycles. The Morgan fingerprint density at radius 1 is 1.26 bits per heavy atom. The highest BCUT2D eigenvalue weighted by Gasteiger charge is 2.40. The zero-order valence-corrected chi connectivity index (χ0v) is 20.2. The Balaban J connectivity index is 1.56. The molecular weight excluding hydrogens is 470 g/mol. The van der Waals surface area contributed by atoms with E-state index in [9.17, 15) is 22.0 Å². The van der Waals surface area contributed by atoms with Crippen LogP contribution < -0.4 is 5.32 Å². The average Bonchev–Trinajstić information content (AvgIpc) is 3.28. The predicted molar refractivity (Wildman–Crippen MR) is 118 cm³/mol. The number of hydrogen-bond donors (Lipinski definition) is 1. The van der Waals surface area contributed by atoms with Gasteiger partial charge in [-0.15, -0.1) is 0 Å². The van der Waals surface area contributed by atoms with Crippen LogP contribution in [-0.2, 0) is 32.6 Å². The van der Waals surface area contributed by atoms with E-state index in [2.05, 4.69) is 10.3 Å². The lowest BCUT2D eigenvalue weighted by molar-refractivity contribution is -0.0630. The number of amides is 1. The molecule has 2 aromatic rings. The van der Waals surface area contributed by atoms with Crippen LogP contribution in [0.25, 0.3) is 0 Å². The topological polar surface area (TPSA) is 103 Å². The fourth-order valence-corrected chi connectivity index (χ4v) is 5.16. The number of fused-ring (bicyclic) bond motifs is 1. The summed E-state index contributed by atoms with van der Waals surface area (Å²) in [6, 6.07) is 2.17. The lowest BCUT2D eigenvalue weighted by Gasteiger charge is -2.40. The van der Waals surface area contributed by atoms with E-state index in [1.807, 2.05) is 4.90 Å². The molecule has 2 aliphatic heterocycles. The first-order valence-electron chi connectivity index (χ1n) is 10.9. The summed E-state index contributed by atoms with van der Waals surface area (Å²) < 4.78 is 65.0. The van der Waals surface area contributed by atoms with Gasteiger partial charge in [-0.3, -0.25) is 4.90 Å². The normalized spacial score (nSPS) is 23.5. The molecule has 2 aliphatic rings. The van der Waals surface area contributed by atoms with Crippen LogP contribution in [0.5, 0.6) is 0 Å². The SMILES string of the molecule is CC(C)(C)OC(=O)N[C@H]1C[C@@H](N2Cc3ncn(S(C)(=O)=O)c3C2)CO[C@@H]1c1cc(F)ccc1F. The maximum absolute atomic E-state index is 14.6. The summed E-state index contributed by atoms with van der Waals surface area (Å²) in [5.41, 5.74) is 0.498. The lowest BCUT2D eigenvalue weighted by atomic mass is 9.92. The predicted octanol–water partition coefficient (Wildman–Crippen LogP) is 2.71. The Morgan fingerprint density at radius 3 is 2.68 bits per heavy atom. The van der Waals surface area contributed by atoms with Crippen LogP contribution in [-0.4, -0.2) is 58.9 Å². The molecule has 0 radical (unpaired) electrons. The fourth-order valence-electron chi connectivity index (χ4n) is 4.37. The van der Waals surface area contributed by atoms with Gasteiger partial charge in [-0.25, -0.2) is 30.9 Å². The third-order valence-corrected chi connectivity index (χ3v) is 6.85. The maximum Gasteiger partial charge on any atom is 0.407 e. The molecule has 1 aromatic carbocycles. The highest BCUT2D eigenvalue weighted by Crippen LogP contribution is 2.35. The molecule has 0 bridgehead atoms. The molecule has 0 unspecified atom stereocenters. The lowest BCUT2D eigenvalue weighted by Crippen LogP contribution is -2.52. The number of aromatic nitrogens is 2. The number of alkyl carbamates (subject to hydrolysis) is 1. The van der Waals surface area contributed by atoms with Gasteiger partial charge in [-0.2, -0.15) is 0 Å². The Hall–Kier alpha value is -2.57. The summed E-state index contributed by atoms with van der Waals surface area (Å²) in [4.78, 5) is 18.7. The van der Waals surface area contributed by atoms with Crippen molar-refractivity contribution in [2.75, 3.05) is 12.9 Å². The monoisotopic (exact) mass is 498 g/mol. The summed E-state index contributed by atoms with van der Waals surface area (Å²) in [7, 11) is -3.49. The van der Waals surface area contributed by atoms with E-state index in [0.29, 0.717) is 30.9 Å². The fraction of sp³-hybridized carbons (Fsp3) is 0.545. The molecule has 4 rings (SSSR count).